The second-order valence-corrected chi connectivity index (χ2v) is 11.5. The molecule has 0 aliphatic carbocycles. The summed E-state index contributed by atoms with van der Waals surface area (Å²) < 4.78 is 17.7. The Kier molecular flexibility index (Phi) is 9.75. The number of carbonyl (C=O) groups is 3. The zero-order valence-corrected chi connectivity index (χ0v) is 26.0. The van der Waals surface area contributed by atoms with E-state index in [2.05, 4.69) is 10.00 Å². The molecule has 2 aromatic carbocycles. The van der Waals surface area contributed by atoms with Gasteiger partial charge in [0.1, 0.15) is 17.0 Å². The minimum atomic E-state index is -0.635. The quantitative estimate of drug-likeness (QED) is 0.305. The molecule has 0 atom stereocenters. The Morgan fingerprint density at radius 3 is 2.21 bits per heavy atom. The highest BCUT2D eigenvalue weighted by Gasteiger charge is 2.35. The van der Waals surface area contributed by atoms with E-state index in [1.54, 1.807) is 48.1 Å². The van der Waals surface area contributed by atoms with E-state index in [9.17, 15) is 14.4 Å². The fraction of sp³-hybridized carbons (Fsp3) is 0.438. The number of aromatic nitrogens is 2. The number of rotatable bonds is 10. The summed E-state index contributed by atoms with van der Waals surface area (Å²) in [5.41, 5.74) is 2.33. The maximum absolute atomic E-state index is 14.0. The minimum absolute atomic E-state index is 0.141. The number of esters is 1. The zero-order chi connectivity index (χ0) is 31.3. The van der Waals surface area contributed by atoms with Crippen LogP contribution in [-0.4, -0.2) is 85.7 Å². The molecule has 0 spiro atoms. The van der Waals surface area contributed by atoms with E-state index >= 15 is 0 Å². The van der Waals surface area contributed by atoms with Crippen LogP contribution in [-0.2, 0) is 15.9 Å². The lowest BCUT2D eigenvalue weighted by atomic mass is 10.0. The molecule has 0 N–H and O–H groups in total. The van der Waals surface area contributed by atoms with Gasteiger partial charge in [-0.2, -0.15) is 5.10 Å². The molecule has 11 heteroatoms. The Morgan fingerprint density at radius 1 is 0.977 bits per heavy atom. The number of carbonyl (C=O) groups excluding carboxylic acids is 3. The topological polar surface area (TPSA) is 106 Å². The molecular weight excluding hydrogens is 550 g/mol. The molecule has 0 fully saturated rings. The predicted molar refractivity (Wildman–Crippen MR) is 165 cm³/mol. The summed E-state index contributed by atoms with van der Waals surface area (Å²) in [4.78, 5) is 45.3. The Bertz CT molecular complexity index is 1440. The fourth-order valence-electron chi connectivity index (χ4n) is 4.88. The molecular formula is C32H41N5O6. The molecule has 1 aliphatic heterocycles. The maximum Gasteiger partial charge on any atom is 0.414 e. The van der Waals surface area contributed by atoms with E-state index in [4.69, 9.17) is 14.2 Å². The summed E-state index contributed by atoms with van der Waals surface area (Å²) in [6, 6.07) is 14.4. The van der Waals surface area contributed by atoms with Gasteiger partial charge >= 0.3 is 12.1 Å². The van der Waals surface area contributed by atoms with Crippen LogP contribution >= 0.6 is 0 Å². The Balaban J connectivity index is 1.66. The first-order valence-electron chi connectivity index (χ1n) is 14.4. The van der Waals surface area contributed by atoms with Crippen LogP contribution in [0.3, 0.4) is 0 Å². The first-order valence-corrected chi connectivity index (χ1v) is 14.4. The number of hydrogen-bond acceptors (Lipinski definition) is 8. The second kappa shape index (κ2) is 13.3. The molecule has 3 aromatic rings. The summed E-state index contributed by atoms with van der Waals surface area (Å²) in [7, 11) is 5.56. The third-order valence-corrected chi connectivity index (χ3v) is 6.88. The zero-order valence-electron chi connectivity index (χ0n) is 26.0. The lowest BCUT2D eigenvalue weighted by Crippen LogP contribution is -2.39. The van der Waals surface area contributed by atoms with E-state index < -0.39 is 17.7 Å². The van der Waals surface area contributed by atoms with Crippen LogP contribution in [0.5, 0.6) is 5.75 Å². The van der Waals surface area contributed by atoms with E-state index in [1.807, 2.05) is 59.1 Å². The lowest BCUT2D eigenvalue weighted by Gasteiger charge is -2.30. The van der Waals surface area contributed by atoms with Crippen LogP contribution in [0, 0.1) is 0 Å². The average molecular weight is 592 g/mol. The Morgan fingerprint density at radius 2 is 1.63 bits per heavy atom. The molecule has 230 valence electrons. The summed E-state index contributed by atoms with van der Waals surface area (Å²) in [5, 5.41) is 4.53. The van der Waals surface area contributed by atoms with Gasteiger partial charge in [0.05, 0.1) is 19.4 Å². The summed E-state index contributed by atoms with van der Waals surface area (Å²) in [5.74, 6) is -0.193. The molecule has 0 saturated heterocycles. The van der Waals surface area contributed by atoms with Crippen LogP contribution in [0.4, 0.5) is 16.2 Å². The van der Waals surface area contributed by atoms with Crippen LogP contribution in [0.15, 0.2) is 48.5 Å². The van der Waals surface area contributed by atoms with Crippen molar-refractivity contribution in [2.75, 3.05) is 57.2 Å². The van der Waals surface area contributed by atoms with Crippen LogP contribution in [0.25, 0.3) is 5.69 Å². The summed E-state index contributed by atoms with van der Waals surface area (Å²) in [6.45, 7) is 9.10. The van der Waals surface area contributed by atoms with Crippen molar-refractivity contribution in [2.24, 2.45) is 0 Å². The highest BCUT2D eigenvalue weighted by Crippen LogP contribution is 2.31. The molecule has 43 heavy (non-hydrogen) atoms. The van der Waals surface area contributed by atoms with Crippen LogP contribution in [0.2, 0.25) is 0 Å². The monoisotopic (exact) mass is 591 g/mol. The van der Waals surface area contributed by atoms with Crippen molar-refractivity contribution in [1.29, 1.82) is 0 Å². The van der Waals surface area contributed by atoms with Gasteiger partial charge in [0.15, 0.2) is 5.69 Å². The largest absolute Gasteiger partial charge is 0.497 e. The number of benzene rings is 2. The van der Waals surface area contributed by atoms with Gasteiger partial charge in [-0.05, 0) is 110 Å². The molecule has 1 aromatic heterocycles. The van der Waals surface area contributed by atoms with E-state index in [-0.39, 0.29) is 18.2 Å². The highest BCUT2D eigenvalue weighted by atomic mass is 16.6. The van der Waals surface area contributed by atoms with Crippen molar-refractivity contribution in [2.45, 2.75) is 46.1 Å². The third kappa shape index (κ3) is 7.34. The molecule has 0 unspecified atom stereocenters. The Labute approximate surface area is 252 Å². The molecule has 2 heterocycles. The van der Waals surface area contributed by atoms with Gasteiger partial charge in [0, 0.05) is 30.0 Å². The SMILES string of the molecule is CCOC(=O)c1nn(-c2ccc(OC)cc2)c2c1CCN(c1ccc(N(CCCN(C)C)C(=O)OC(C)(C)C)cc1)C2=O. The number of fused-ring (bicyclic) bond motifs is 1. The first-order chi connectivity index (χ1) is 20.4. The van der Waals surface area contributed by atoms with Gasteiger partial charge in [-0.1, -0.05) is 0 Å². The van der Waals surface area contributed by atoms with Gasteiger partial charge < -0.3 is 24.0 Å². The number of anilines is 2. The molecule has 11 nitrogen and oxygen atoms in total. The number of ether oxygens (including phenoxy) is 3. The predicted octanol–water partition coefficient (Wildman–Crippen LogP) is 4.95. The smallest absolute Gasteiger partial charge is 0.414 e. The van der Waals surface area contributed by atoms with Crippen molar-refractivity contribution < 1.29 is 28.6 Å². The highest BCUT2D eigenvalue weighted by molar-refractivity contribution is 6.09. The van der Waals surface area contributed by atoms with E-state index in [1.165, 1.54) is 4.68 Å². The van der Waals surface area contributed by atoms with Gasteiger partial charge in [-0.15, -0.1) is 0 Å². The normalized spacial score (nSPS) is 13.1. The molecule has 4 rings (SSSR count). The van der Waals surface area contributed by atoms with Crippen molar-refractivity contribution in [3.05, 3.63) is 65.5 Å². The lowest BCUT2D eigenvalue weighted by molar-refractivity contribution is 0.0516. The minimum Gasteiger partial charge on any atom is -0.497 e. The summed E-state index contributed by atoms with van der Waals surface area (Å²) in [6.07, 6.45) is 0.758. The third-order valence-electron chi connectivity index (χ3n) is 6.88. The van der Waals surface area contributed by atoms with Gasteiger partial charge in [0.25, 0.3) is 5.91 Å². The molecule has 0 saturated carbocycles. The van der Waals surface area contributed by atoms with Crippen molar-refractivity contribution in [3.8, 4) is 11.4 Å². The van der Waals surface area contributed by atoms with Crippen LogP contribution in [0.1, 0.15) is 60.7 Å². The fourth-order valence-corrected chi connectivity index (χ4v) is 4.88. The number of hydrogen-bond donors (Lipinski definition) is 0. The van der Waals surface area contributed by atoms with Crippen molar-refractivity contribution in [3.63, 3.8) is 0 Å². The second-order valence-electron chi connectivity index (χ2n) is 11.5. The van der Waals surface area contributed by atoms with Gasteiger partial charge in [-0.3, -0.25) is 9.69 Å². The van der Waals surface area contributed by atoms with E-state index in [0.717, 1.165) is 13.0 Å². The number of amides is 2. The van der Waals surface area contributed by atoms with Crippen LogP contribution < -0.4 is 14.5 Å². The van der Waals surface area contributed by atoms with Gasteiger partial charge in [0.2, 0.25) is 0 Å². The van der Waals surface area contributed by atoms with Crippen molar-refractivity contribution in [1.82, 2.24) is 14.7 Å². The molecule has 0 bridgehead atoms. The number of methoxy groups -OCH3 is 1. The number of nitrogens with zero attached hydrogens (tertiary/aromatic N) is 5. The van der Waals surface area contributed by atoms with E-state index in [0.29, 0.717) is 53.6 Å². The molecule has 2 amide bonds. The average Bonchev–Trinajstić information content (AvgIpc) is 3.36. The standard InChI is InChI=1S/C32H41N5O6/c1-8-42-30(39)27-26-18-21-35(29(38)28(26)37(33-27)24-14-16-25(41-7)17-15-24)22-10-12-23(13-11-22)36(20-9-19-34(5)6)31(40)43-32(2,3)4/h10-17H,8-9,18-21H2,1-7H3. The first kappa shape index (κ1) is 31.6. The maximum atomic E-state index is 14.0. The molecule has 1 aliphatic rings. The molecule has 0 radical (unpaired) electrons. The Hall–Kier alpha value is -4.38. The summed E-state index contributed by atoms with van der Waals surface area (Å²) >= 11 is 0. The van der Waals surface area contributed by atoms with Crippen molar-refractivity contribution >= 4 is 29.3 Å². The van der Waals surface area contributed by atoms with Gasteiger partial charge in [-0.25, -0.2) is 14.3 Å².